The molecule has 0 radical (unpaired) electrons. The third kappa shape index (κ3) is 3.76. The highest BCUT2D eigenvalue weighted by Gasteiger charge is 2.14. The molecule has 0 aliphatic rings. The maximum absolute atomic E-state index is 5.44. The highest BCUT2D eigenvalue weighted by molar-refractivity contribution is 7.80. The molecular formula is C19H17N5OS2. The van der Waals surface area contributed by atoms with E-state index >= 15 is 0 Å². The van der Waals surface area contributed by atoms with Gasteiger partial charge in [0.05, 0.1) is 23.0 Å². The molecule has 0 amide bonds. The van der Waals surface area contributed by atoms with Crippen LogP contribution in [0.2, 0.25) is 0 Å². The lowest BCUT2D eigenvalue weighted by atomic mass is 10.3. The molecule has 4 aromatic rings. The number of hydrogen-bond donors (Lipinski definition) is 2. The van der Waals surface area contributed by atoms with Crippen LogP contribution in [0.25, 0.3) is 15.3 Å². The van der Waals surface area contributed by atoms with E-state index in [-0.39, 0.29) is 0 Å². The fourth-order valence-electron chi connectivity index (χ4n) is 2.64. The van der Waals surface area contributed by atoms with E-state index in [1.165, 1.54) is 0 Å². The van der Waals surface area contributed by atoms with Crippen LogP contribution in [0.5, 0.6) is 5.75 Å². The second-order valence-electron chi connectivity index (χ2n) is 5.86. The van der Waals surface area contributed by atoms with Gasteiger partial charge in [-0.15, -0.1) is 0 Å². The highest BCUT2D eigenvalue weighted by Crippen LogP contribution is 2.30. The Kier molecular flexibility index (Phi) is 4.74. The topological polar surface area (TPSA) is 64.0 Å². The summed E-state index contributed by atoms with van der Waals surface area (Å²) >= 11 is 6.98. The van der Waals surface area contributed by atoms with Crippen molar-refractivity contribution >= 4 is 50.4 Å². The molecule has 0 aliphatic heterocycles. The Morgan fingerprint density at radius 3 is 2.70 bits per heavy atom. The molecule has 27 heavy (non-hydrogen) atoms. The Balaban J connectivity index is 1.62. The smallest absolute Gasteiger partial charge is 0.213 e. The standard InChI is InChI=1S/C19H17N5OS2/c1-12-10-17(22-18(26)20-13-6-4-3-5-7-13)24(23-12)19-21-15-9-8-14(25-2)11-16(15)27-19/h3-11H,1-2H3,(H2,20,22,26). The Bertz CT molecular complexity index is 1100. The minimum absolute atomic E-state index is 0.491. The molecule has 0 atom stereocenters. The first-order valence-corrected chi connectivity index (χ1v) is 9.49. The third-order valence-electron chi connectivity index (χ3n) is 3.87. The number of ether oxygens (including phenoxy) is 1. The van der Waals surface area contributed by atoms with Gasteiger partial charge in [-0.05, 0) is 49.5 Å². The van der Waals surface area contributed by atoms with Crippen LogP contribution in [0.3, 0.4) is 0 Å². The highest BCUT2D eigenvalue weighted by atomic mass is 32.1. The van der Waals surface area contributed by atoms with Crippen LogP contribution >= 0.6 is 23.6 Å². The van der Waals surface area contributed by atoms with E-state index in [0.29, 0.717) is 5.11 Å². The molecule has 2 heterocycles. The molecule has 0 bridgehead atoms. The summed E-state index contributed by atoms with van der Waals surface area (Å²) < 4.78 is 8.10. The van der Waals surface area contributed by atoms with Crippen molar-refractivity contribution in [3.8, 4) is 10.9 Å². The van der Waals surface area contributed by atoms with Crippen LogP contribution in [-0.2, 0) is 0 Å². The summed E-state index contributed by atoms with van der Waals surface area (Å²) in [5.74, 6) is 1.56. The van der Waals surface area contributed by atoms with Crippen molar-refractivity contribution < 1.29 is 4.74 Å². The van der Waals surface area contributed by atoms with Crippen LogP contribution in [-0.4, -0.2) is 27.0 Å². The van der Waals surface area contributed by atoms with Crippen LogP contribution < -0.4 is 15.4 Å². The molecule has 0 unspecified atom stereocenters. The van der Waals surface area contributed by atoms with E-state index in [4.69, 9.17) is 17.0 Å². The number of aromatic nitrogens is 3. The number of methoxy groups -OCH3 is 1. The van der Waals surface area contributed by atoms with Crippen molar-refractivity contribution in [2.75, 3.05) is 17.7 Å². The molecule has 2 aromatic carbocycles. The number of nitrogens with zero attached hydrogens (tertiary/aromatic N) is 3. The summed E-state index contributed by atoms with van der Waals surface area (Å²) in [6.07, 6.45) is 0. The first-order chi connectivity index (χ1) is 13.1. The largest absolute Gasteiger partial charge is 0.497 e. The van der Waals surface area contributed by atoms with E-state index in [1.807, 2.05) is 61.5 Å². The zero-order valence-electron chi connectivity index (χ0n) is 14.8. The predicted molar refractivity (Wildman–Crippen MR) is 114 cm³/mol. The van der Waals surface area contributed by atoms with E-state index in [0.717, 1.165) is 38.3 Å². The van der Waals surface area contributed by atoms with Crippen LogP contribution in [0, 0.1) is 6.92 Å². The first kappa shape index (κ1) is 17.4. The summed E-state index contributed by atoms with van der Waals surface area (Å²) in [6, 6.07) is 17.5. The van der Waals surface area contributed by atoms with Gasteiger partial charge in [-0.1, -0.05) is 29.5 Å². The van der Waals surface area contributed by atoms with Crippen LogP contribution in [0.1, 0.15) is 5.69 Å². The third-order valence-corrected chi connectivity index (χ3v) is 5.07. The molecule has 0 saturated carbocycles. The van der Waals surface area contributed by atoms with Crippen molar-refractivity contribution in [3.63, 3.8) is 0 Å². The zero-order valence-corrected chi connectivity index (χ0v) is 16.4. The summed E-state index contributed by atoms with van der Waals surface area (Å²) in [6.45, 7) is 1.94. The van der Waals surface area contributed by atoms with Gasteiger partial charge in [0.25, 0.3) is 0 Å². The van der Waals surface area contributed by atoms with Gasteiger partial charge < -0.3 is 15.4 Å². The van der Waals surface area contributed by atoms with E-state index in [1.54, 1.807) is 23.1 Å². The molecule has 8 heteroatoms. The van der Waals surface area contributed by atoms with Gasteiger partial charge in [0.15, 0.2) is 5.11 Å². The number of aryl methyl sites for hydroxylation is 1. The van der Waals surface area contributed by atoms with E-state index in [9.17, 15) is 0 Å². The van der Waals surface area contributed by atoms with Crippen molar-refractivity contribution in [1.82, 2.24) is 14.8 Å². The molecule has 2 N–H and O–H groups in total. The van der Waals surface area contributed by atoms with Crippen LogP contribution in [0.4, 0.5) is 11.5 Å². The maximum Gasteiger partial charge on any atom is 0.213 e. The first-order valence-electron chi connectivity index (χ1n) is 8.27. The number of para-hydroxylation sites is 1. The van der Waals surface area contributed by atoms with Gasteiger partial charge in [-0.25, -0.2) is 4.98 Å². The van der Waals surface area contributed by atoms with Gasteiger partial charge >= 0.3 is 0 Å². The summed E-state index contributed by atoms with van der Waals surface area (Å²) in [5, 5.41) is 12.2. The summed E-state index contributed by atoms with van der Waals surface area (Å²) in [4.78, 5) is 4.68. The number of nitrogens with one attached hydrogen (secondary N) is 2. The molecule has 0 spiro atoms. The fourth-order valence-corrected chi connectivity index (χ4v) is 3.83. The quantitative estimate of drug-likeness (QED) is 0.492. The zero-order chi connectivity index (χ0) is 18.8. The second-order valence-corrected chi connectivity index (χ2v) is 7.28. The van der Waals surface area contributed by atoms with Gasteiger partial charge in [-0.3, -0.25) is 0 Å². The number of fused-ring (bicyclic) bond motifs is 1. The molecule has 0 aliphatic carbocycles. The second kappa shape index (κ2) is 7.34. The minimum Gasteiger partial charge on any atom is -0.497 e. The fraction of sp³-hybridized carbons (Fsp3) is 0.105. The number of anilines is 2. The van der Waals surface area contributed by atoms with Gasteiger partial charge in [0.1, 0.15) is 11.6 Å². The normalized spacial score (nSPS) is 10.7. The monoisotopic (exact) mass is 395 g/mol. The van der Waals surface area contributed by atoms with Gasteiger partial charge in [-0.2, -0.15) is 9.78 Å². The van der Waals surface area contributed by atoms with Crippen molar-refractivity contribution in [3.05, 3.63) is 60.3 Å². The molecule has 6 nitrogen and oxygen atoms in total. The van der Waals surface area contributed by atoms with Crippen molar-refractivity contribution in [1.29, 1.82) is 0 Å². The average molecular weight is 396 g/mol. The van der Waals surface area contributed by atoms with E-state index in [2.05, 4.69) is 20.7 Å². The Morgan fingerprint density at radius 1 is 1.11 bits per heavy atom. The molecule has 0 saturated heterocycles. The summed E-state index contributed by atoms with van der Waals surface area (Å²) in [7, 11) is 1.66. The van der Waals surface area contributed by atoms with Crippen LogP contribution in [0.15, 0.2) is 54.6 Å². The minimum atomic E-state index is 0.491. The summed E-state index contributed by atoms with van der Waals surface area (Å²) in [5.41, 5.74) is 2.70. The number of rotatable bonds is 4. The molecule has 136 valence electrons. The molecule has 0 fully saturated rings. The number of thiazole rings is 1. The molecule has 2 aromatic heterocycles. The maximum atomic E-state index is 5.44. The van der Waals surface area contributed by atoms with Crippen molar-refractivity contribution in [2.45, 2.75) is 6.92 Å². The SMILES string of the molecule is COc1ccc2nc(-n3nc(C)cc3NC(=S)Nc3ccccc3)sc2c1. The van der Waals surface area contributed by atoms with Crippen molar-refractivity contribution in [2.24, 2.45) is 0 Å². The molecule has 4 rings (SSSR count). The molecular weight excluding hydrogens is 378 g/mol. The number of benzene rings is 2. The average Bonchev–Trinajstić information content (AvgIpc) is 3.24. The van der Waals surface area contributed by atoms with Gasteiger partial charge in [0.2, 0.25) is 5.13 Å². The Morgan fingerprint density at radius 2 is 1.93 bits per heavy atom. The lowest BCUT2D eigenvalue weighted by Crippen LogP contribution is -2.20. The Hall–Kier alpha value is -2.97. The lowest BCUT2D eigenvalue weighted by molar-refractivity contribution is 0.415. The van der Waals surface area contributed by atoms with E-state index < -0.39 is 0 Å². The Labute approximate surface area is 165 Å². The lowest BCUT2D eigenvalue weighted by Gasteiger charge is -2.10. The number of hydrogen-bond acceptors (Lipinski definition) is 5. The van der Waals surface area contributed by atoms with Gasteiger partial charge in [0, 0.05) is 11.8 Å². The number of thiocarbonyl (C=S) groups is 1. The predicted octanol–water partition coefficient (Wildman–Crippen LogP) is 4.61.